The van der Waals surface area contributed by atoms with E-state index < -0.39 is 10.0 Å². The maximum atomic E-state index is 12.4. The lowest BCUT2D eigenvalue weighted by Crippen LogP contribution is -2.43. The van der Waals surface area contributed by atoms with Crippen LogP contribution in [0.15, 0.2) is 24.3 Å². The first-order valence-electron chi connectivity index (χ1n) is 6.59. The van der Waals surface area contributed by atoms with Crippen molar-refractivity contribution in [3.8, 4) is 0 Å². The Morgan fingerprint density at radius 2 is 1.68 bits per heavy atom. The molecule has 0 N–H and O–H groups in total. The van der Waals surface area contributed by atoms with Gasteiger partial charge in [0.2, 0.25) is 10.0 Å². The predicted octanol–water partition coefficient (Wildman–Crippen LogP) is 3.15. The number of piperidine rings is 1. The van der Waals surface area contributed by atoms with Crippen molar-refractivity contribution in [3.63, 3.8) is 0 Å². The monoisotopic (exact) mass is 301 g/mol. The Labute approximate surface area is 120 Å². The van der Waals surface area contributed by atoms with Crippen LogP contribution in [-0.4, -0.2) is 25.8 Å². The molecule has 2 unspecified atom stereocenters. The molecule has 1 aliphatic heterocycles. The summed E-state index contributed by atoms with van der Waals surface area (Å²) >= 11 is 5.81. The number of hydrogen-bond donors (Lipinski definition) is 0. The molecule has 1 fully saturated rings. The highest BCUT2D eigenvalue weighted by Gasteiger charge is 2.30. The molecule has 3 nitrogen and oxygen atoms in total. The number of sulfonamides is 1. The Morgan fingerprint density at radius 3 is 2.21 bits per heavy atom. The summed E-state index contributed by atoms with van der Waals surface area (Å²) in [7, 11) is -3.22. The van der Waals surface area contributed by atoms with Gasteiger partial charge >= 0.3 is 0 Å². The summed E-state index contributed by atoms with van der Waals surface area (Å²) < 4.78 is 26.5. The minimum absolute atomic E-state index is 0.0591. The smallest absolute Gasteiger partial charge is 0.212 e. The Bertz CT molecular complexity index is 517. The molecule has 5 heteroatoms. The van der Waals surface area contributed by atoms with Gasteiger partial charge in [0, 0.05) is 18.1 Å². The quantitative estimate of drug-likeness (QED) is 0.860. The van der Waals surface area contributed by atoms with Gasteiger partial charge < -0.3 is 0 Å². The van der Waals surface area contributed by atoms with Crippen molar-refractivity contribution in [2.45, 2.75) is 26.0 Å². The normalized spacial score (nSPS) is 25.4. The van der Waals surface area contributed by atoms with E-state index in [9.17, 15) is 8.42 Å². The Morgan fingerprint density at radius 1 is 1.16 bits per heavy atom. The van der Waals surface area contributed by atoms with Gasteiger partial charge in [-0.25, -0.2) is 12.7 Å². The van der Waals surface area contributed by atoms with Gasteiger partial charge in [-0.05, 0) is 36.0 Å². The molecule has 1 aromatic carbocycles. The Kier molecular flexibility index (Phi) is 4.54. The number of hydrogen-bond acceptors (Lipinski definition) is 2. The fourth-order valence-electron chi connectivity index (χ4n) is 2.72. The molecule has 1 aliphatic rings. The van der Waals surface area contributed by atoms with E-state index in [1.165, 1.54) is 0 Å². The molecular formula is C14H20ClNO2S. The van der Waals surface area contributed by atoms with Crippen LogP contribution in [-0.2, 0) is 15.8 Å². The van der Waals surface area contributed by atoms with Crippen molar-refractivity contribution < 1.29 is 8.42 Å². The first kappa shape index (κ1) is 14.8. The summed E-state index contributed by atoms with van der Waals surface area (Å²) in [6.45, 7) is 5.50. The van der Waals surface area contributed by atoms with Crippen LogP contribution < -0.4 is 0 Å². The summed E-state index contributed by atoms with van der Waals surface area (Å²) in [6, 6.07) is 7.01. The van der Waals surface area contributed by atoms with Gasteiger partial charge in [0.25, 0.3) is 0 Å². The molecule has 0 saturated carbocycles. The van der Waals surface area contributed by atoms with Crippen molar-refractivity contribution in [3.05, 3.63) is 34.9 Å². The maximum absolute atomic E-state index is 12.4. The third kappa shape index (κ3) is 3.94. The minimum Gasteiger partial charge on any atom is -0.212 e. The van der Waals surface area contributed by atoms with Crippen molar-refractivity contribution in [1.82, 2.24) is 4.31 Å². The molecular weight excluding hydrogens is 282 g/mol. The molecule has 0 radical (unpaired) electrons. The average molecular weight is 302 g/mol. The second-order valence-electron chi connectivity index (χ2n) is 5.65. The van der Waals surface area contributed by atoms with Gasteiger partial charge in [-0.15, -0.1) is 0 Å². The van der Waals surface area contributed by atoms with Crippen LogP contribution in [0.25, 0.3) is 0 Å². The van der Waals surface area contributed by atoms with Gasteiger partial charge in [0.15, 0.2) is 0 Å². The van der Waals surface area contributed by atoms with E-state index >= 15 is 0 Å². The molecule has 106 valence electrons. The SMILES string of the molecule is CC1CC(C)CN(S(=O)(=O)Cc2ccc(Cl)cc2)C1. The largest absolute Gasteiger partial charge is 0.218 e. The second kappa shape index (κ2) is 5.81. The summed E-state index contributed by atoms with van der Waals surface area (Å²) in [5, 5.41) is 0.626. The zero-order valence-electron chi connectivity index (χ0n) is 11.3. The Balaban J connectivity index is 2.11. The molecule has 0 aliphatic carbocycles. The van der Waals surface area contributed by atoms with Crippen LogP contribution in [0.1, 0.15) is 25.8 Å². The van der Waals surface area contributed by atoms with Crippen molar-refractivity contribution in [2.75, 3.05) is 13.1 Å². The van der Waals surface area contributed by atoms with Crippen LogP contribution in [0.5, 0.6) is 0 Å². The molecule has 1 saturated heterocycles. The second-order valence-corrected chi connectivity index (χ2v) is 8.05. The number of halogens is 1. The molecule has 0 bridgehead atoms. The number of rotatable bonds is 3. The van der Waals surface area contributed by atoms with E-state index in [1.807, 2.05) is 0 Å². The lowest BCUT2D eigenvalue weighted by molar-refractivity contribution is 0.222. The van der Waals surface area contributed by atoms with Crippen LogP contribution in [0.3, 0.4) is 0 Å². The van der Waals surface area contributed by atoms with E-state index in [0.29, 0.717) is 29.9 Å². The molecule has 0 aromatic heterocycles. The lowest BCUT2D eigenvalue weighted by atomic mass is 9.94. The van der Waals surface area contributed by atoms with Crippen LogP contribution in [0.4, 0.5) is 0 Å². The average Bonchev–Trinajstić information content (AvgIpc) is 2.31. The van der Waals surface area contributed by atoms with Crippen LogP contribution >= 0.6 is 11.6 Å². The zero-order chi connectivity index (χ0) is 14.0. The molecule has 19 heavy (non-hydrogen) atoms. The maximum Gasteiger partial charge on any atom is 0.218 e. The zero-order valence-corrected chi connectivity index (χ0v) is 12.9. The topological polar surface area (TPSA) is 37.4 Å². The van der Waals surface area contributed by atoms with Crippen molar-refractivity contribution in [2.24, 2.45) is 11.8 Å². The van der Waals surface area contributed by atoms with Crippen LogP contribution in [0, 0.1) is 11.8 Å². The van der Waals surface area contributed by atoms with Gasteiger partial charge in [-0.1, -0.05) is 37.6 Å². The highest BCUT2D eigenvalue weighted by molar-refractivity contribution is 7.88. The summed E-state index contributed by atoms with van der Waals surface area (Å²) in [5.41, 5.74) is 0.787. The summed E-state index contributed by atoms with van der Waals surface area (Å²) in [6.07, 6.45) is 1.10. The van der Waals surface area contributed by atoms with Crippen molar-refractivity contribution in [1.29, 1.82) is 0 Å². The highest BCUT2D eigenvalue weighted by atomic mass is 35.5. The first-order valence-corrected chi connectivity index (χ1v) is 8.58. The summed E-state index contributed by atoms with van der Waals surface area (Å²) in [5.74, 6) is 0.927. The Hall–Kier alpha value is -0.580. The van der Waals surface area contributed by atoms with Crippen LogP contribution in [0.2, 0.25) is 5.02 Å². The predicted molar refractivity (Wildman–Crippen MR) is 78.6 cm³/mol. The lowest BCUT2D eigenvalue weighted by Gasteiger charge is -2.34. The molecule has 1 aromatic rings. The molecule has 0 amide bonds. The van der Waals surface area contributed by atoms with Crippen molar-refractivity contribution >= 4 is 21.6 Å². The number of benzene rings is 1. The standard InChI is InChI=1S/C14H20ClNO2S/c1-11-7-12(2)9-16(8-11)19(17,18)10-13-3-5-14(15)6-4-13/h3-6,11-12H,7-10H2,1-2H3. The summed E-state index contributed by atoms with van der Waals surface area (Å²) in [4.78, 5) is 0. The number of nitrogens with zero attached hydrogens (tertiary/aromatic N) is 1. The first-order chi connectivity index (χ1) is 8.87. The van der Waals surface area contributed by atoms with E-state index in [1.54, 1.807) is 28.6 Å². The molecule has 2 rings (SSSR count). The molecule has 2 atom stereocenters. The molecule has 0 spiro atoms. The van der Waals surface area contributed by atoms with E-state index in [-0.39, 0.29) is 5.75 Å². The van der Waals surface area contributed by atoms with Gasteiger partial charge in [-0.2, -0.15) is 0 Å². The highest BCUT2D eigenvalue weighted by Crippen LogP contribution is 2.25. The fourth-order valence-corrected chi connectivity index (χ4v) is 4.60. The van der Waals surface area contributed by atoms with Gasteiger partial charge in [0.05, 0.1) is 5.75 Å². The third-order valence-corrected chi connectivity index (χ3v) is 5.53. The third-order valence-electron chi connectivity index (χ3n) is 3.49. The van der Waals surface area contributed by atoms with E-state index in [2.05, 4.69) is 13.8 Å². The van der Waals surface area contributed by atoms with E-state index in [4.69, 9.17) is 11.6 Å². The molecule has 1 heterocycles. The minimum atomic E-state index is -3.22. The van der Waals surface area contributed by atoms with Gasteiger partial charge in [0.1, 0.15) is 0 Å². The van der Waals surface area contributed by atoms with E-state index in [0.717, 1.165) is 12.0 Å². The fraction of sp³-hybridized carbons (Fsp3) is 0.571. The van der Waals surface area contributed by atoms with Gasteiger partial charge in [-0.3, -0.25) is 0 Å².